The summed E-state index contributed by atoms with van der Waals surface area (Å²) >= 11 is 5.09. The molecule has 0 fully saturated rings. The molecule has 0 amide bonds. The summed E-state index contributed by atoms with van der Waals surface area (Å²) in [5.41, 5.74) is 4.55. The topological polar surface area (TPSA) is 73.3 Å². The standard InChI is InChI=1S/C12H7F3N4OS2/c1-19-9(4-2-3-5(13)7(15)6(4)14)17-11(20)8-10(19)18-12(16)22(8)21/h2-3H,1H3,(H2,16,18). The summed E-state index contributed by atoms with van der Waals surface area (Å²) in [5, 5.41) is 0.0856. The molecule has 22 heavy (non-hydrogen) atoms. The molecule has 0 aliphatic carbocycles. The lowest BCUT2D eigenvalue weighted by Crippen LogP contribution is -2.21. The number of hydrogen-bond acceptors (Lipinski definition) is 5. The van der Waals surface area contributed by atoms with E-state index in [-0.39, 0.29) is 27.3 Å². The van der Waals surface area contributed by atoms with Crippen LogP contribution in [0.1, 0.15) is 0 Å². The molecule has 0 spiro atoms. The molecule has 1 aromatic carbocycles. The van der Waals surface area contributed by atoms with Gasteiger partial charge in [-0.05, 0) is 32.8 Å². The van der Waals surface area contributed by atoms with Gasteiger partial charge in [-0.3, -0.25) is 4.79 Å². The van der Waals surface area contributed by atoms with Crippen molar-refractivity contribution in [2.75, 3.05) is 0 Å². The highest BCUT2D eigenvalue weighted by molar-refractivity contribution is 8.37. The van der Waals surface area contributed by atoms with Gasteiger partial charge in [0.25, 0.3) is 5.56 Å². The Kier molecular flexibility index (Phi) is 3.37. The molecule has 5 nitrogen and oxygen atoms in total. The largest absolute Gasteiger partial charge is 0.378 e. The zero-order valence-corrected chi connectivity index (χ0v) is 12.6. The molecule has 1 aliphatic rings. The number of hydrogen-bond donors (Lipinski definition) is 1. The summed E-state index contributed by atoms with van der Waals surface area (Å²) in [6.07, 6.45) is 0. The van der Waals surface area contributed by atoms with Crippen LogP contribution in [-0.4, -0.2) is 14.7 Å². The monoisotopic (exact) mass is 344 g/mol. The van der Waals surface area contributed by atoms with Gasteiger partial charge in [0, 0.05) is 7.05 Å². The van der Waals surface area contributed by atoms with Crippen LogP contribution in [0.2, 0.25) is 0 Å². The third kappa shape index (κ3) is 1.98. The van der Waals surface area contributed by atoms with E-state index < -0.39 is 32.5 Å². The van der Waals surface area contributed by atoms with Gasteiger partial charge in [-0.2, -0.15) is 4.98 Å². The van der Waals surface area contributed by atoms with Crippen LogP contribution in [0.3, 0.4) is 0 Å². The fraction of sp³-hybridized carbons (Fsp3) is 0.0833. The van der Waals surface area contributed by atoms with Crippen molar-refractivity contribution in [1.29, 1.82) is 0 Å². The number of nitrogens with two attached hydrogens (primary N) is 1. The summed E-state index contributed by atoms with van der Waals surface area (Å²) in [5.74, 6) is -4.45. The number of rotatable bonds is 1. The van der Waals surface area contributed by atoms with Crippen molar-refractivity contribution >= 4 is 31.6 Å². The summed E-state index contributed by atoms with van der Waals surface area (Å²) in [6, 6.07) is 1.75. The molecule has 1 atom stereocenters. The van der Waals surface area contributed by atoms with Gasteiger partial charge in [-0.15, -0.1) is 0 Å². The normalized spacial score (nSPS) is 16.5. The first-order valence-corrected chi connectivity index (χ1v) is 7.98. The number of benzene rings is 1. The second kappa shape index (κ2) is 4.99. The third-order valence-electron chi connectivity index (χ3n) is 3.11. The summed E-state index contributed by atoms with van der Waals surface area (Å²) < 4.78 is 41.6. The Morgan fingerprint density at radius 3 is 2.64 bits per heavy atom. The summed E-state index contributed by atoms with van der Waals surface area (Å²) in [7, 11) is 0.349. The molecular weight excluding hydrogens is 337 g/mol. The van der Waals surface area contributed by atoms with Gasteiger partial charge in [-0.1, -0.05) is 0 Å². The van der Waals surface area contributed by atoms with Gasteiger partial charge in [0.1, 0.15) is 10.7 Å². The van der Waals surface area contributed by atoms with Crippen LogP contribution in [0.15, 0.2) is 26.8 Å². The Labute approximate surface area is 128 Å². The molecule has 1 aromatic heterocycles. The first kappa shape index (κ1) is 14.9. The smallest absolute Gasteiger partial charge is 0.289 e. The quantitative estimate of drug-likeness (QED) is 0.791. The van der Waals surface area contributed by atoms with Crippen molar-refractivity contribution in [3.05, 3.63) is 39.9 Å². The third-order valence-corrected chi connectivity index (χ3v) is 5.32. The SMILES string of the molecule is Cn1c(-c2ccc(F)c(F)c2F)nc(=O)c2c1N=C(N)S2=S. The zero-order chi connectivity index (χ0) is 16.2. The van der Waals surface area contributed by atoms with E-state index in [2.05, 4.69) is 9.98 Å². The second-order valence-electron chi connectivity index (χ2n) is 4.39. The number of nitrogens with zero attached hydrogens (tertiary/aromatic N) is 3. The van der Waals surface area contributed by atoms with Gasteiger partial charge in [0.15, 0.2) is 28.4 Å². The Bertz CT molecular complexity index is 939. The molecule has 0 radical (unpaired) electrons. The molecule has 10 heteroatoms. The number of fused-ring (bicyclic) bond motifs is 1. The van der Waals surface area contributed by atoms with E-state index in [1.54, 1.807) is 0 Å². The van der Waals surface area contributed by atoms with E-state index in [9.17, 15) is 18.0 Å². The van der Waals surface area contributed by atoms with Gasteiger partial charge < -0.3 is 10.3 Å². The van der Waals surface area contributed by atoms with Crippen molar-refractivity contribution in [3.8, 4) is 11.4 Å². The van der Waals surface area contributed by atoms with Crippen LogP contribution in [0, 0.1) is 17.5 Å². The van der Waals surface area contributed by atoms with Crippen molar-refractivity contribution in [2.45, 2.75) is 4.90 Å². The van der Waals surface area contributed by atoms with Gasteiger partial charge in [-0.25, -0.2) is 18.2 Å². The second-order valence-corrected chi connectivity index (χ2v) is 6.76. The molecule has 1 aliphatic heterocycles. The summed E-state index contributed by atoms with van der Waals surface area (Å²) in [4.78, 5) is 19.9. The molecular formula is C12H7F3N4OS2. The number of aromatic nitrogens is 2. The van der Waals surface area contributed by atoms with E-state index in [1.165, 1.54) is 11.6 Å². The highest BCUT2D eigenvalue weighted by Crippen LogP contribution is 2.31. The zero-order valence-electron chi connectivity index (χ0n) is 10.9. The van der Waals surface area contributed by atoms with E-state index >= 15 is 0 Å². The Hall–Kier alpha value is -2.07. The van der Waals surface area contributed by atoms with E-state index in [4.69, 9.17) is 16.9 Å². The van der Waals surface area contributed by atoms with Crippen LogP contribution >= 0.6 is 0 Å². The summed E-state index contributed by atoms with van der Waals surface area (Å²) in [6.45, 7) is 0. The predicted octanol–water partition coefficient (Wildman–Crippen LogP) is 1.26. The molecule has 2 heterocycles. The lowest BCUT2D eigenvalue weighted by atomic mass is 10.1. The van der Waals surface area contributed by atoms with Crippen LogP contribution in [0.25, 0.3) is 11.4 Å². The predicted molar refractivity (Wildman–Crippen MR) is 79.1 cm³/mol. The van der Waals surface area contributed by atoms with Crippen LogP contribution < -0.4 is 11.3 Å². The minimum absolute atomic E-state index is 0.0856. The molecule has 3 rings (SSSR count). The minimum Gasteiger partial charge on any atom is -0.378 e. The average Bonchev–Trinajstić information content (AvgIpc) is 2.78. The Morgan fingerprint density at radius 2 is 1.95 bits per heavy atom. The first-order chi connectivity index (χ1) is 10.3. The van der Waals surface area contributed by atoms with Crippen molar-refractivity contribution in [2.24, 2.45) is 17.8 Å². The lowest BCUT2D eigenvalue weighted by Gasteiger charge is -2.11. The van der Waals surface area contributed by atoms with E-state index in [1.807, 2.05) is 0 Å². The highest BCUT2D eigenvalue weighted by atomic mass is 32.8. The molecule has 114 valence electrons. The minimum atomic E-state index is -1.64. The highest BCUT2D eigenvalue weighted by Gasteiger charge is 2.27. The fourth-order valence-electron chi connectivity index (χ4n) is 2.05. The average molecular weight is 344 g/mol. The molecule has 2 N–H and O–H groups in total. The lowest BCUT2D eigenvalue weighted by molar-refractivity contribution is 0.448. The Morgan fingerprint density at radius 1 is 1.27 bits per heavy atom. The van der Waals surface area contributed by atoms with Gasteiger partial charge in [0.2, 0.25) is 0 Å². The maximum atomic E-state index is 13.9. The molecule has 0 saturated carbocycles. The van der Waals surface area contributed by atoms with Crippen molar-refractivity contribution < 1.29 is 13.2 Å². The number of aliphatic imine (C=N–C) groups is 1. The Balaban J connectivity index is 2.34. The number of halogens is 3. The van der Waals surface area contributed by atoms with Crippen LogP contribution in [0.5, 0.6) is 0 Å². The van der Waals surface area contributed by atoms with Crippen LogP contribution in [0.4, 0.5) is 19.0 Å². The van der Waals surface area contributed by atoms with E-state index in [0.717, 1.165) is 12.1 Å². The number of amidine groups is 1. The van der Waals surface area contributed by atoms with Crippen molar-refractivity contribution in [3.63, 3.8) is 0 Å². The van der Waals surface area contributed by atoms with Gasteiger partial charge in [0.05, 0.1) is 5.56 Å². The van der Waals surface area contributed by atoms with Crippen molar-refractivity contribution in [1.82, 2.24) is 9.55 Å². The molecule has 0 saturated heterocycles. The molecule has 1 unspecified atom stereocenters. The molecule has 0 bridgehead atoms. The van der Waals surface area contributed by atoms with Crippen LogP contribution in [-0.2, 0) is 27.7 Å². The first-order valence-electron chi connectivity index (χ1n) is 5.83. The fourth-order valence-corrected chi connectivity index (χ4v) is 3.53. The van der Waals surface area contributed by atoms with E-state index in [0.29, 0.717) is 0 Å². The van der Waals surface area contributed by atoms with Gasteiger partial charge >= 0.3 is 0 Å². The maximum absolute atomic E-state index is 13.9. The maximum Gasteiger partial charge on any atom is 0.289 e. The molecule has 2 aromatic rings.